The molecule has 1 aliphatic rings. The molecule has 0 aromatic heterocycles. The summed E-state index contributed by atoms with van der Waals surface area (Å²) in [6, 6.07) is 1.49. The van der Waals surface area contributed by atoms with Gasteiger partial charge in [0.05, 0.1) is 0 Å². The summed E-state index contributed by atoms with van der Waals surface area (Å²) in [5.74, 6) is 0.764. The minimum absolute atomic E-state index is 0.428. The predicted molar refractivity (Wildman–Crippen MR) is 81.0 cm³/mol. The standard InChI is InChI=1S/C16H34N2/c1-7-9-17-15-8-10-18(14(3)11-15)12-13(2)16(4,5)6/h13-15,17H,7-12H2,1-6H3. The van der Waals surface area contributed by atoms with E-state index in [4.69, 9.17) is 0 Å². The molecular formula is C16H34N2. The lowest BCUT2D eigenvalue weighted by Gasteiger charge is -2.41. The van der Waals surface area contributed by atoms with Crippen molar-refractivity contribution in [2.24, 2.45) is 11.3 Å². The topological polar surface area (TPSA) is 15.3 Å². The highest BCUT2D eigenvalue weighted by Crippen LogP contribution is 2.28. The molecule has 1 heterocycles. The lowest BCUT2D eigenvalue weighted by Crippen LogP contribution is -2.49. The average molecular weight is 254 g/mol. The van der Waals surface area contributed by atoms with Crippen molar-refractivity contribution < 1.29 is 0 Å². The van der Waals surface area contributed by atoms with Gasteiger partial charge in [0.1, 0.15) is 0 Å². The molecule has 2 nitrogen and oxygen atoms in total. The number of piperidine rings is 1. The number of nitrogens with one attached hydrogen (secondary N) is 1. The van der Waals surface area contributed by atoms with Gasteiger partial charge in [0.15, 0.2) is 0 Å². The van der Waals surface area contributed by atoms with Gasteiger partial charge in [0.2, 0.25) is 0 Å². The molecule has 1 N–H and O–H groups in total. The highest BCUT2D eigenvalue weighted by Gasteiger charge is 2.29. The van der Waals surface area contributed by atoms with Crippen LogP contribution in [-0.4, -0.2) is 36.6 Å². The van der Waals surface area contributed by atoms with Gasteiger partial charge in [-0.25, -0.2) is 0 Å². The second-order valence-corrected chi connectivity index (χ2v) is 7.29. The normalized spacial score (nSPS) is 28.3. The van der Waals surface area contributed by atoms with E-state index in [0.717, 1.165) is 18.0 Å². The zero-order valence-corrected chi connectivity index (χ0v) is 13.4. The molecule has 0 bridgehead atoms. The molecule has 18 heavy (non-hydrogen) atoms. The van der Waals surface area contributed by atoms with E-state index in [1.807, 2.05) is 0 Å². The molecule has 108 valence electrons. The molecule has 0 radical (unpaired) electrons. The van der Waals surface area contributed by atoms with Gasteiger partial charge in [-0.2, -0.15) is 0 Å². The molecular weight excluding hydrogens is 220 g/mol. The Labute approximate surface area is 115 Å². The van der Waals surface area contributed by atoms with Gasteiger partial charge in [0.25, 0.3) is 0 Å². The molecule has 3 unspecified atom stereocenters. The van der Waals surface area contributed by atoms with Crippen LogP contribution in [0.2, 0.25) is 0 Å². The van der Waals surface area contributed by atoms with Crippen LogP contribution >= 0.6 is 0 Å². The van der Waals surface area contributed by atoms with Gasteiger partial charge in [-0.3, -0.25) is 0 Å². The van der Waals surface area contributed by atoms with Crippen LogP contribution in [0.4, 0.5) is 0 Å². The Bertz CT molecular complexity index is 232. The number of rotatable bonds is 5. The number of hydrogen-bond acceptors (Lipinski definition) is 2. The molecule has 3 atom stereocenters. The fourth-order valence-electron chi connectivity index (χ4n) is 2.65. The van der Waals surface area contributed by atoms with Crippen LogP contribution in [0.15, 0.2) is 0 Å². The first-order valence-corrected chi connectivity index (χ1v) is 7.82. The number of hydrogen-bond donors (Lipinski definition) is 1. The Morgan fingerprint density at radius 3 is 2.50 bits per heavy atom. The Kier molecular flexibility index (Phi) is 6.13. The van der Waals surface area contributed by atoms with E-state index < -0.39 is 0 Å². The number of likely N-dealkylation sites (tertiary alicyclic amines) is 1. The highest BCUT2D eigenvalue weighted by atomic mass is 15.2. The predicted octanol–water partition coefficient (Wildman–Crippen LogP) is 3.52. The molecule has 0 aromatic rings. The van der Waals surface area contributed by atoms with Crippen molar-refractivity contribution >= 4 is 0 Å². The average Bonchev–Trinajstić information content (AvgIpc) is 2.28. The molecule has 1 fully saturated rings. The van der Waals surface area contributed by atoms with Crippen LogP contribution in [0.3, 0.4) is 0 Å². The zero-order valence-electron chi connectivity index (χ0n) is 13.4. The zero-order chi connectivity index (χ0) is 13.8. The maximum Gasteiger partial charge on any atom is 0.00940 e. The molecule has 1 saturated heterocycles. The van der Waals surface area contributed by atoms with E-state index in [2.05, 4.69) is 51.8 Å². The van der Waals surface area contributed by atoms with Crippen molar-refractivity contribution in [3.8, 4) is 0 Å². The minimum Gasteiger partial charge on any atom is -0.314 e. The second-order valence-electron chi connectivity index (χ2n) is 7.29. The van der Waals surface area contributed by atoms with Crippen LogP contribution < -0.4 is 5.32 Å². The monoisotopic (exact) mass is 254 g/mol. The van der Waals surface area contributed by atoms with E-state index in [1.54, 1.807) is 0 Å². The third-order valence-corrected chi connectivity index (χ3v) is 4.68. The van der Waals surface area contributed by atoms with E-state index in [-0.39, 0.29) is 0 Å². The maximum atomic E-state index is 3.68. The van der Waals surface area contributed by atoms with Gasteiger partial charge in [-0.05, 0) is 50.6 Å². The smallest absolute Gasteiger partial charge is 0.00940 e. The van der Waals surface area contributed by atoms with Crippen LogP contribution in [0, 0.1) is 11.3 Å². The van der Waals surface area contributed by atoms with Crippen molar-refractivity contribution in [3.05, 3.63) is 0 Å². The van der Waals surface area contributed by atoms with Gasteiger partial charge in [0, 0.05) is 18.6 Å². The van der Waals surface area contributed by atoms with Crippen molar-refractivity contribution in [1.29, 1.82) is 0 Å². The highest BCUT2D eigenvalue weighted by molar-refractivity contribution is 4.85. The lowest BCUT2D eigenvalue weighted by molar-refractivity contribution is 0.0889. The molecule has 0 amide bonds. The second kappa shape index (κ2) is 6.91. The first-order chi connectivity index (χ1) is 8.34. The van der Waals surface area contributed by atoms with Crippen molar-refractivity contribution in [2.75, 3.05) is 19.6 Å². The largest absolute Gasteiger partial charge is 0.314 e. The summed E-state index contributed by atoms with van der Waals surface area (Å²) < 4.78 is 0. The summed E-state index contributed by atoms with van der Waals surface area (Å²) in [4.78, 5) is 2.69. The van der Waals surface area contributed by atoms with Crippen LogP contribution in [0.25, 0.3) is 0 Å². The van der Waals surface area contributed by atoms with Gasteiger partial charge >= 0.3 is 0 Å². The summed E-state index contributed by atoms with van der Waals surface area (Å²) in [5.41, 5.74) is 0.428. The fraction of sp³-hybridized carbons (Fsp3) is 1.00. The number of nitrogens with zero attached hydrogens (tertiary/aromatic N) is 1. The third kappa shape index (κ3) is 4.89. The molecule has 1 rings (SSSR count). The quantitative estimate of drug-likeness (QED) is 0.807. The lowest BCUT2D eigenvalue weighted by atomic mass is 9.81. The van der Waals surface area contributed by atoms with E-state index >= 15 is 0 Å². The summed E-state index contributed by atoms with van der Waals surface area (Å²) in [6.45, 7) is 17.8. The van der Waals surface area contributed by atoms with Crippen LogP contribution in [-0.2, 0) is 0 Å². The summed E-state index contributed by atoms with van der Waals surface area (Å²) >= 11 is 0. The Hall–Kier alpha value is -0.0800. The van der Waals surface area contributed by atoms with E-state index in [1.165, 1.54) is 38.9 Å². The molecule has 0 aliphatic carbocycles. The summed E-state index contributed by atoms with van der Waals surface area (Å²) in [6.07, 6.45) is 3.88. The van der Waals surface area contributed by atoms with Crippen molar-refractivity contribution in [1.82, 2.24) is 10.2 Å². The third-order valence-electron chi connectivity index (χ3n) is 4.68. The minimum atomic E-state index is 0.428. The molecule has 1 aliphatic heterocycles. The van der Waals surface area contributed by atoms with Crippen molar-refractivity contribution in [3.63, 3.8) is 0 Å². The molecule has 0 saturated carbocycles. The van der Waals surface area contributed by atoms with Crippen LogP contribution in [0.1, 0.15) is 60.8 Å². The van der Waals surface area contributed by atoms with Crippen molar-refractivity contribution in [2.45, 2.75) is 72.9 Å². The Morgan fingerprint density at radius 1 is 1.33 bits per heavy atom. The molecule has 0 aromatic carbocycles. The van der Waals surface area contributed by atoms with E-state index in [9.17, 15) is 0 Å². The SMILES string of the molecule is CCCNC1CCN(CC(C)C(C)(C)C)C(C)C1. The summed E-state index contributed by atoms with van der Waals surface area (Å²) in [7, 11) is 0. The van der Waals surface area contributed by atoms with E-state index in [0.29, 0.717) is 5.41 Å². The van der Waals surface area contributed by atoms with Crippen LogP contribution in [0.5, 0.6) is 0 Å². The first kappa shape index (κ1) is 16.0. The van der Waals surface area contributed by atoms with Gasteiger partial charge in [-0.15, -0.1) is 0 Å². The molecule has 2 heteroatoms. The van der Waals surface area contributed by atoms with Gasteiger partial charge in [-0.1, -0.05) is 34.6 Å². The Morgan fingerprint density at radius 2 is 2.00 bits per heavy atom. The maximum absolute atomic E-state index is 3.68. The molecule has 0 spiro atoms. The first-order valence-electron chi connectivity index (χ1n) is 7.82. The Balaban J connectivity index is 2.38. The summed E-state index contributed by atoms with van der Waals surface area (Å²) in [5, 5.41) is 3.68. The van der Waals surface area contributed by atoms with Gasteiger partial charge < -0.3 is 10.2 Å². The fourth-order valence-corrected chi connectivity index (χ4v) is 2.65.